The summed E-state index contributed by atoms with van der Waals surface area (Å²) in [5, 5.41) is 0. The lowest BCUT2D eigenvalue weighted by molar-refractivity contribution is 0.0740. The molecular weight excluding hydrogens is 200 g/mol. The zero-order chi connectivity index (χ0) is 12.3. The molecule has 0 fully saturated rings. The Balaban J connectivity index is 2.92. The van der Waals surface area contributed by atoms with Crippen LogP contribution in [0.4, 0.5) is 5.69 Å². The number of carbonyl (C=O) groups is 1. The Morgan fingerprint density at radius 1 is 1.50 bits per heavy atom. The summed E-state index contributed by atoms with van der Waals surface area (Å²) >= 11 is 0. The second-order valence-electron chi connectivity index (χ2n) is 4.24. The van der Waals surface area contributed by atoms with Crippen LogP contribution in [-0.2, 0) is 0 Å². The highest BCUT2D eigenvalue weighted by Gasteiger charge is 2.16. The Kier molecular flexibility index (Phi) is 3.93. The van der Waals surface area contributed by atoms with Gasteiger partial charge in [0.2, 0.25) is 0 Å². The molecule has 1 unspecified atom stereocenters. The molecule has 0 aliphatic rings. The van der Waals surface area contributed by atoms with Gasteiger partial charge in [0.05, 0.1) is 0 Å². The molecule has 1 aromatic rings. The van der Waals surface area contributed by atoms with Crippen molar-refractivity contribution < 1.29 is 4.79 Å². The number of carbonyl (C=O) groups excluding carboxylic acids is 1. The van der Waals surface area contributed by atoms with Gasteiger partial charge in [0, 0.05) is 24.3 Å². The van der Waals surface area contributed by atoms with Gasteiger partial charge in [-0.05, 0) is 44.0 Å². The Morgan fingerprint density at radius 2 is 2.12 bits per heavy atom. The van der Waals surface area contributed by atoms with Gasteiger partial charge in [-0.15, -0.1) is 0 Å². The van der Waals surface area contributed by atoms with Crippen LogP contribution in [0, 0.1) is 6.92 Å². The normalized spacial score (nSPS) is 12.2. The molecule has 1 aromatic carbocycles. The van der Waals surface area contributed by atoms with Gasteiger partial charge in [-0.2, -0.15) is 0 Å². The molecule has 0 aliphatic carbocycles. The van der Waals surface area contributed by atoms with E-state index < -0.39 is 0 Å². The molecule has 3 nitrogen and oxygen atoms in total. The number of aryl methyl sites for hydroxylation is 1. The maximum atomic E-state index is 12.1. The second-order valence-corrected chi connectivity index (χ2v) is 4.24. The summed E-state index contributed by atoms with van der Waals surface area (Å²) in [4.78, 5) is 13.9. The highest BCUT2D eigenvalue weighted by Crippen LogP contribution is 2.15. The van der Waals surface area contributed by atoms with E-state index >= 15 is 0 Å². The van der Waals surface area contributed by atoms with Crippen molar-refractivity contribution in [2.24, 2.45) is 0 Å². The number of anilines is 1. The van der Waals surface area contributed by atoms with Gasteiger partial charge in [0.25, 0.3) is 5.91 Å². The number of amides is 1. The molecule has 3 heteroatoms. The summed E-state index contributed by atoms with van der Waals surface area (Å²) in [6.45, 7) is 6.03. The molecule has 2 N–H and O–H groups in total. The Bertz CT molecular complexity index is 388. The minimum absolute atomic E-state index is 0.0532. The van der Waals surface area contributed by atoms with E-state index in [2.05, 4.69) is 6.92 Å². The quantitative estimate of drug-likeness (QED) is 0.795. The van der Waals surface area contributed by atoms with Crippen LogP contribution in [0.15, 0.2) is 18.2 Å². The van der Waals surface area contributed by atoms with E-state index in [1.54, 1.807) is 17.0 Å². The highest BCUT2D eigenvalue weighted by molar-refractivity contribution is 5.94. The molecule has 0 bridgehead atoms. The van der Waals surface area contributed by atoms with Gasteiger partial charge in [0.15, 0.2) is 0 Å². The van der Waals surface area contributed by atoms with Crippen molar-refractivity contribution in [3.05, 3.63) is 29.3 Å². The van der Waals surface area contributed by atoms with Crippen LogP contribution in [0.1, 0.15) is 36.2 Å². The maximum absolute atomic E-state index is 12.1. The molecule has 0 heterocycles. The van der Waals surface area contributed by atoms with Crippen LogP contribution in [-0.4, -0.2) is 23.9 Å². The Hall–Kier alpha value is -1.51. The van der Waals surface area contributed by atoms with Crippen molar-refractivity contribution in [3.8, 4) is 0 Å². The minimum atomic E-state index is 0.0532. The van der Waals surface area contributed by atoms with Gasteiger partial charge < -0.3 is 10.6 Å². The zero-order valence-corrected chi connectivity index (χ0v) is 10.4. The summed E-state index contributed by atoms with van der Waals surface area (Å²) in [7, 11) is 1.84. The summed E-state index contributed by atoms with van der Waals surface area (Å²) in [6.07, 6.45) is 0.955. The second kappa shape index (κ2) is 5.01. The predicted octanol–water partition coefficient (Wildman–Crippen LogP) is 2.45. The van der Waals surface area contributed by atoms with E-state index in [1.807, 2.05) is 27.0 Å². The van der Waals surface area contributed by atoms with Crippen LogP contribution in [0.3, 0.4) is 0 Å². The minimum Gasteiger partial charge on any atom is -0.399 e. The summed E-state index contributed by atoms with van der Waals surface area (Å²) in [5.41, 5.74) is 8.10. The molecule has 16 heavy (non-hydrogen) atoms. The first-order valence-corrected chi connectivity index (χ1v) is 5.60. The third-order valence-corrected chi connectivity index (χ3v) is 3.09. The van der Waals surface area contributed by atoms with E-state index in [-0.39, 0.29) is 11.9 Å². The molecular formula is C13H20N2O. The first kappa shape index (κ1) is 12.6. The monoisotopic (exact) mass is 220 g/mol. The molecule has 0 spiro atoms. The van der Waals surface area contributed by atoms with E-state index in [1.165, 1.54) is 0 Å². The van der Waals surface area contributed by atoms with Crippen molar-refractivity contribution >= 4 is 11.6 Å². The number of hydrogen-bond acceptors (Lipinski definition) is 2. The van der Waals surface area contributed by atoms with Crippen molar-refractivity contribution in [2.75, 3.05) is 12.8 Å². The van der Waals surface area contributed by atoms with Crippen LogP contribution in [0.5, 0.6) is 0 Å². The SMILES string of the molecule is CCC(C)N(C)C(=O)c1ccc(N)c(C)c1. The van der Waals surface area contributed by atoms with Gasteiger partial charge in [-0.3, -0.25) is 4.79 Å². The molecule has 88 valence electrons. The average molecular weight is 220 g/mol. The van der Waals surface area contributed by atoms with Gasteiger partial charge in [-0.1, -0.05) is 6.92 Å². The molecule has 0 aromatic heterocycles. The molecule has 0 aliphatic heterocycles. The predicted molar refractivity (Wildman–Crippen MR) is 67.4 cm³/mol. The third-order valence-electron chi connectivity index (χ3n) is 3.09. The number of benzene rings is 1. The molecule has 1 amide bonds. The Morgan fingerprint density at radius 3 is 2.62 bits per heavy atom. The standard InChI is InChI=1S/C13H20N2O/c1-5-10(3)15(4)13(16)11-6-7-12(14)9(2)8-11/h6-8,10H,5,14H2,1-4H3. The largest absolute Gasteiger partial charge is 0.399 e. The first-order valence-electron chi connectivity index (χ1n) is 5.60. The third kappa shape index (κ3) is 2.54. The summed E-state index contributed by atoms with van der Waals surface area (Å²) < 4.78 is 0. The van der Waals surface area contributed by atoms with E-state index in [9.17, 15) is 4.79 Å². The van der Waals surface area contributed by atoms with E-state index in [0.29, 0.717) is 5.56 Å². The van der Waals surface area contributed by atoms with Gasteiger partial charge >= 0.3 is 0 Å². The van der Waals surface area contributed by atoms with Gasteiger partial charge in [0.1, 0.15) is 0 Å². The number of rotatable bonds is 3. The number of nitrogens with zero attached hydrogens (tertiary/aromatic N) is 1. The maximum Gasteiger partial charge on any atom is 0.253 e. The van der Waals surface area contributed by atoms with Crippen molar-refractivity contribution in [3.63, 3.8) is 0 Å². The lowest BCUT2D eigenvalue weighted by atomic mass is 10.1. The number of hydrogen-bond donors (Lipinski definition) is 1. The van der Waals surface area contributed by atoms with Crippen LogP contribution < -0.4 is 5.73 Å². The van der Waals surface area contributed by atoms with Crippen molar-refractivity contribution in [2.45, 2.75) is 33.2 Å². The van der Waals surface area contributed by atoms with E-state index in [4.69, 9.17) is 5.73 Å². The molecule has 1 atom stereocenters. The van der Waals surface area contributed by atoms with Crippen molar-refractivity contribution in [1.29, 1.82) is 0 Å². The molecule has 0 radical (unpaired) electrons. The lowest BCUT2D eigenvalue weighted by Gasteiger charge is -2.24. The zero-order valence-electron chi connectivity index (χ0n) is 10.4. The fourth-order valence-corrected chi connectivity index (χ4v) is 1.49. The van der Waals surface area contributed by atoms with Gasteiger partial charge in [-0.25, -0.2) is 0 Å². The molecule has 1 rings (SSSR count). The first-order chi connectivity index (χ1) is 7.47. The topological polar surface area (TPSA) is 46.3 Å². The molecule has 0 saturated heterocycles. The average Bonchev–Trinajstić information content (AvgIpc) is 2.29. The number of nitrogens with two attached hydrogens (primary N) is 1. The lowest BCUT2D eigenvalue weighted by Crippen LogP contribution is -2.34. The number of nitrogen functional groups attached to an aromatic ring is 1. The van der Waals surface area contributed by atoms with Crippen LogP contribution in [0.2, 0.25) is 0 Å². The smallest absolute Gasteiger partial charge is 0.253 e. The fraction of sp³-hybridized carbons (Fsp3) is 0.462. The fourth-order valence-electron chi connectivity index (χ4n) is 1.49. The summed E-state index contributed by atoms with van der Waals surface area (Å²) in [5.74, 6) is 0.0532. The summed E-state index contributed by atoms with van der Waals surface area (Å²) in [6, 6.07) is 5.66. The Labute approximate surface area is 97.2 Å². The van der Waals surface area contributed by atoms with Crippen LogP contribution in [0.25, 0.3) is 0 Å². The molecule has 0 saturated carbocycles. The van der Waals surface area contributed by atoms with E-state index in [0.717, 1.165) is 17.7 Å². The van der Waals surface area contributed by atoms with Crippen LogP contribution >= 0.6 is 0 Å². The van der Waals surface area contributed by atoms with Crippen molar-refractivity contribution in [1.82, 2.24) is 4.90 Å². The highest BCUT2D eigenvalue weighted by atomic mass is 16.2.